The van der Waals surface area contributed by atoms with E-state index < -0.39 is 23.5 Å². The highest BCUT2D eigenvalue weighted by atomic mass is 32.1. The number of aliphatic imine (C=N–C) groups is 1. The van der Waals surface area contributed by atoms with Gasteiger partial charge >= 0.3 is 5.97 Å². The van der Waals surface area contributed by atoms with Gasteiger partial charge in [-0.1, -0.05) is 32.8 Å². The van der Waals surface area contributed by atoms with Gasteiger partial charge in [0, 0.05) is 136 Å². The summed E-state index contributed by atoms with van der Waals surface area (Å²) in [7, 11) is 1.76. The van der Waals surface area contributed by atoms with E-state index >= 15 is 9.59 Å². The van der Waals surface area contributed by atoms with Crippen molar-refractivity contribution in [1.29, 1.82) is 0 Å². The third-order valence-electron chi connectivity index (χ3n) is 18.8. The minimum absolute atomic E-state index is 0.0347. The van der Waals surface area contributed by atoms with Crippen LogP contribution in [0, 0.1) is 16.7 Å². The number of cyclic esters (lactones) is 1. The first-order chi connectivity index (χ1) is 37.3. The topological polar surface area (TPSA) is 188 Å². The molecule has 1 aliphatic carbocycles. The molecule has 77 heavy (non-hydrogen) atoms. The van der Waals surface area contributed by atoms with E-state index in [2.05, 4.69) is 92.8 Å². The summed E-state index contributed by atoms with van der Waals surface area (Å²) in [5, 5.41) is 12.0. The Bertz CT molecular complexity index is 2800. The lowest BCUT2D eigenvalue weighted by Crippen LogP contribution is -2.62. The normalized spacial score (nSPS) is 30.5. The molecule has 416 valence electrons. The van der Waals surface area contributed by atoms with E-state index in [1.54, 1.807) is 12.1 Å². The van der Waals surface area contributed by atoms with Gasteiger partial charge in [-0.2, -0.15) is 0 Å². The van der Waals surface area contributed by atoms with Crippen LogP contribution in [0.5, 0.6) is 0 Å². The molecule has 0 radical (unpaired) electrons. The van der Waals surface area contributed by atoms with Crippen molar-refractivity contribution < 1.29 is 33.4 Å². The lowest BCUT2D eigenvalue weighted by molar-refractivity contribution is -0.155. The van der Waals surface area contributed by atoms with E-state index in [4.69, 9.17) is 24.2 Å². The monoisotopic (exact) mass is 1080 g/mol. The number of carbonyl (C=O) groups excluding carboxylic acids is 4. The number of nitrogens with one attached hydrogen (secondary N) is 3. The molecule has 1 saturated carbocycles. The summed E-state index contributed by atoms with van der Waals surface area (Å²) in [4.78, 5) is 77.7. The van der Waals surface area contributed by atoms with Gasteiger partial charge in [0.05, 0.1) is 60.1 Å². The number of likely N-dealkylation sites (tertiary alicyclic amines) is 2. The predicted octanol–water partition coefficient (Wildman–Crippen LogP) is 4.49. The zero-order valence-corrected chi connectivity index (χ0v) is 46.8. The van der Waals surface area contributed by atoms with Crippen molar-refractivity contribution in [1.82, 2.24) is 50.2 Å². The predicted molar refractivity (Wildman–Crippen MR) is 296 cm³/mol. The van der Waals surface area contributed by atoms with E-state index in [-0.39, 0.29) is 66.3 Å². The number of hydrogen-bond donors (Lipinski definition) is 3. The fourth-order valence-electron chi connectivity index (χ4n) is 14.5. The number of carbonyl (C=O) groups is 4. The standard InChI is InChI=1S/C58H81N11O7S/c1-6-68-48-14-13-38-24-41(48)43(52(68)42-25-39(28-60-50(42)36(2)74-5)65-21-20-64-22-23-75-31-40(64)30-65)27-57(3,4)35-76-56(73)44-12-9-17-69(63-44)55(72)45(26-49-61-47(38)32-77-49)62-53(70)51(37-10-7-8-11-37)66-18-15-58(33-66)16-19-67(34-58)54(71)46-29-59-46/h13-14,24,28,32,36-37,39-40,44-46,51,59,63H,6-12,15-23,25-27,29-31,33-35H2,1-5H3,(H,62,70)/t36-,39+,40-,44-,45-,46+,51-,58-/m0/s1. The van der Waals surface area contributed by atoms with Gasteiger partial charge in [-0.25, -0.2) is 10.4 Å². The number of piperazine rings is 1. The molecule has 7 fully saturated rings. The third kappa shape index (κ3) is 10.7. The minimum Gasteiger partial charge on any atom is -0.464 e. The number of esters is 1. The van der Waals surface area contributed by atoms with Crippen LogP contribution in [0.15, 0.2) is 34.3 Å². The van der Waals surface area contributed by atoms with Crippen LogP contribution in [-0.2, 0) is 52.8 Å². The first-order valence-electron chi connectivity index (χ1n) is 29.0. The summed E-state index contributed by atoms with van der Waals surface area (Å²) >= 11 is 1.51. The van der Waals surface area contributed by atoms with Gasteiger partial charge in [0.1, 0.15) is 12.1 Å². The number of morpholine rings is 1. The molecule has 3 amide bonds. The summed E-state index contributed by atoms with van der Waals surface area (Å²) in [6, 6.07) is 5.03. The van der Waals surface area contributed by atoms with Crippen LogP contribution in [0.4, 0.5) is 0 Å². The number of nitrogens with zero attached hydrogens (tertiary/aromatic N) is 8. The van der Waals surface area contributed by atoms with Crippen molar-refractivity contribution >= 4 is 57.7 Å². The van der Waals surface area contributed by atoms with Crippen LogP contribution in [0.3, 0.4) is 0 Å². The summed E-state index contributed by atoms with van der Waals surface area (Å²) in [5.41, 5.74) is 10.1. The molecule has 6 saturated heterocycles. The quantitative estimate of drug-likeness (QED) is 0.191. The second-order valence-electron chi connectivity index (χ2n) is 24.7. The van der Waals surface area contributed by atoms with E-state index in [1.807, 2.05) is 4.90 Å². The van der Waals surface area contributed by atoms with Crippen LogP contribution in [0.25, 0.3) is 27.7 Å². The zero-order chi connectivity index (χ0) is 53.2. The molecular weight excluding hydrogens is 995 g/mol. The Hall–Kier alpha value is -4.60. The van der Waals surface area contributed by atoms with Gasteiger partial charge in [-0.3, -0.25) is 43.9 Å². The molecule has 0 unspecified atom stereocenters. The van der Waals surface area contributed by atoms with Crippen LogP contribution >= 0.6 is 11.3 Å². The number of aryl methyl sites for hydroxylation is 1. The second-order valence-corrected chi connectivity index (χ2v) is 25.6. The summed E-state index contributed by atoms with van der Waals surface area (Å²) in [5.74, 6) is -0.433. The number of methoxy groups -OCH3 is 1. The maximum absolute atomic E-state index is 15.1. The average molecular weight is 1080 g/mol. The van der Waals surface area contributed by atoms with Crippen molar-refractivity contribution in [2.45, 2.75) is 147 Å². The number of hydrazine groups is 1. The van der Waals surface area contributed by atoms with Gasteiger partial charge in [0.15, 0.2) is 0 Å². The van der Waals surface area contributed by atoms with Gasteiger partial charge in [0.25, 0.3) is 5.91 Å². The molecule has 12 rings (SSSR count). The lowest BCUT2D eigenvalue weighted by Gasteiger charge is -2.46. The molecule has 8 atom stereocenters. The largest absolute Gasteiger partial charge is 0.464 e. The van der Waals surface area contributed by atoms with Gasteiger partial charge in [0.2, 0.25) is 11.8 Å². The SMILES string of the molecule is CCn1c(C2=C([C@H](C)OC)N=C[C@H](N3CCN4CCOC[C@@H]4C3)C2)c2c3cc(ccc31)-c1csc(n1)C[C@H](NC(=O)[C@H](C1CCCC1)N1CC[C@]3(CCN(C(=O)[C@H]4CN4)C3)C1)C(=O)N1CCC[C@H](N1)C(=O)OCC(C)(C)C2. The Morgan fingerprint density at radius 3 is 2.62 bits per heavy atom. The molecule has 1 spiro atoms. The fraction of sp³-hybridized carbons (Fsp3) is 0.690. The zero-order valence-electron chi connectivity index (χ0n) is 46.0. The summed E-state index contributed by atoms with van der Waals surface area (Å²) < 4.78 is 20.8. The number of amides is 3. The summed E-state index contributed by atoms with van der Waals surface area (Å²) in [6.07, 6.45) is 10.6. The average Bonchev–Trinajstić information content (AvgIpc) is 4.08. The number of thiazole rings is 1. The molecule has 9 aliphatic rings. The number of benzene rings is 1. The Morgan fingerprint density at radius 1 is 1.00 bits per heavy atom. The molecule has 19 heteroatoms. The molecule has 18 nitrogen and oxygen atoms in total. The van der Waals surface area contributed by atoms with Crippen molar-refractivity contribution in [3.8, 4) is 11.3 Å². The Morgan fingerprint density at radius 2 is 1.82 bits per heavy atom. The first-order valence-corrected chi connectivity index (χ1v) is 29.9. The summed E-state index contributed by atoms with van der Waals surface area (Å²) in [6.45, 7) is 19.1. The van der Waals surface area contributed by atoms with Gasteiger partial charge in [-0.15, -0.1) is 11.3 Å². The number of aromatic nitrogens is 2. The molecule has 1 aromatic carbocycles. The van der Waals surface area contributed by atoms with Crippen LogP contribution in [0.2, 0.25) is 0 Å². The highest BCUT2D eigenvalue weighted by molar-refractivity contribution is 7.10. The molecule has 3 aromatic rings. The lowest BCUT2D eigenvalue weighted by atomic mass is 9.83. The van der Waals surface area contributed by atoms with E-state index in [0.717, 1.165) is 162 Å². The first kappa shape index (κ1) is 53.1. The van der Waals surface area contributed by atoms with Crippen molar-refractivity contribution in [3.05, 3.63) is 45.5 Å². The fourth-order valence-corrected chi connectivity index (χ4v) is 15.3. The highest BCUT2D eigenvalue weighted by Gasteiger charge is 2.51. The number of ether oxygens (including phenoxy) is 3. The molecular formula is C58H81N11O7S. The van der Waals surface area contributed by atoms with Gasteiger partial charge in [-0.05, 0) is 95.4 Å². The number of fused-ring (bicyclic) bond motifs is 7. The van der Waals surface area contributed by atoms with Crippen molar-refractivity contribution in [3.63, 3.8) is 0 Å². The van der Waals surface area contributed by atoms with E-state index in [9.17, 15) is 9.59 Å². The van der Waals surface area contributed by atoms with Crippen LogP contribution in [0.1, 0.15) is 102 Å². The third-order valence-corrected chi connectivity index (χ3v) is 19.7. The molecule has 2 aromatic heterocycles. The molecule has 6 bridgehead atoms. The number of hydrogen-bond acceptors (Lipinski definition) is 15. The maximum Gasteiger partial charge on any atom is 0.324 e. The smallest absolute Gasteiger partial charge is 0.324 e. The van der Waals surface area contributed by atoms with Crippen molar-refractivity contribution in [2.75, 3.05) is 92.4 Å². The van der Waals surface area contributed by atoms with E-state index in [0.29, 0.717) is 31.8 Å². The molecule has 3 N–H and O–H groups in total. The molecule has 10 heterocycles. The minimum atomic E-state index is -0.929. The van der Waals surface area contributed by atoms with Crippen LogP contribution in [-0.4, -0.2) is 199 Å². The van der Waals surface area contributed by atoms with E-state index in [1.165, 1.54) is 22.5 Å². The Balaban J connectivity index is 0.880. The number of rotatable bonds is 10. The van der Waals surface area contributed by atoms with Crippen LogP contribution < -0.4 is 16.1 Å². The Labute approximate surface area is 457 Å². The maximum atomic E-state index is 15.1. The molecule has 8 aliphatic heterocycles. The highest BCUT2D eigenvalue weighted by Crippen LogP contribution is 2.45. The van der Waals surface area contributed by atoms with Gasteiger partial charge < -0.3 is 34.3 Å². The second kappa shape index (κ2) is 21.8. The Kier molecular flexibility index (Phi) is 15.0. The van der Waals surface area contributed by atoms with Crippen molar-refractivity contribution in [2.24, 2.45) is 21.7 Å².